The molecule has 0 bridgehead atoms. The van der Waals surface area contributed by atoms with Gasteiger partial charge in [0.15, 0.2) is 0 Å². The summed E-state index contributed by atoms with van der Waals surface area (Å²) in [6.45, 7) is 3.91. The molecule has 0 unspecified atom stereocenters. The zero-order chi connectivity index (χ0) is 21.3. The van der Waals surface area contributed by atoms with Crippen molar-refractivity contribution in [3.05, 3.63) is 101 Å². The van der Waals surface area contributed by atoms with Gasteiger partial charge in [-0.25, -0.2) is 13.4 Å². The number of benzene rings is 3. The van der Waals surface area contributed by atoms with Gasteiger partial charge in [0.05, 0.1) is 4.90 Å². The molecule has 4 rings (SSSR count). The third-order valence-electron chi connectivity index (χ3n) is 4.94. The van der Waals surface area contributed by atoms with Crippen LogP contribution in [0.4, 0.5) is 0 Å². The van der Waals surface area contributed by atoms with Gasteiger partial charge in [-0.3, -0.25) is 4.31 Å². The number of sulfonamides is 1. The number of aryl methyl sites for hydroxylation is 2. The molecule has 0 fully saturated rings. The molecule has 0 aliphatic carbocycles. The summed E-state index contributed by atoms with van der Waals surface area (Å²) >= 11 is 0. The van der Waals surface area contributed by atoms with Gasteiger partial charge >= 0.3 is 0 Å². The van der Waals surface area contributed by atoms with Gasteiger partial charge in [0, 0.05) is 24.4 Å². The van der Waals surface area contributed by atoms with Gasteiger partial charge in [-0.1, -0.05) is 59.7 Å². The van der Waals surface area contributed by atoms with Crippen LogP contribution in [-0.2, 0) is 10.0 Å². The molecule has 0 aromatic heterocycles. The highest BCUT2D eigenvalue weighted by Gasteiger charge is 2.28. The Labute approximate surface area is 177 Å². The Morgan fingerprint density at radius 1 is 0.900 bits per heavy atom. The zero-order valence-corrected chi connectivity index (χ0v) is 17.8. The molecule has 0 N–H and O–H groups in total. The number of fused-ring (bicyclic) bond motifs is 1. The second-order valence-electron chi connectivity index (χ2n) is 7.21. The van der Waals surface area contributed by atoms with Crippen LogP contribution < -0.4 is 4.74 Å². The van der Waals surface area contributed by atoms with Crippen molar-refractivity contribution >= 4 is 21.9 Å². The second-order valence-corrected chi connectivity index (χ2v) is 9.18. The topological polar surface area (TPSA) is 59.0 Å². The van der Waals surface area contributed by atoms with Crippen molar-refractivity contribution in [3.63, 3.8) is 0 Å². The van der Waals surface area contributed by atoms with Crippen LogP contribution >= 0.6 is 0 Å². The molecule has 6 heteroatoms. The van der Waals surface area contributed by atoms with E-state index in [2.05, 4.69) is 4.99 Å². The van der Waals surface area contributed by atoms with Gasteiger partial charge in [0.2, 0.25) is 5.88 Å². The maximum atomic E-state index is 13.4. The standard InChI is InChI=1S/C24H22N2O3S/c1-17-9-12-21(13-10-17)30(27,28)26(3)23(19-7-5-4-6-8-19)24-25-16-20-15-18(2)11-14-22(20)29-24/h4-16H,1-3H3/b24-23-. The van der Waals surface area contributed by atoms with E-state index in [1.807, 2.05) is 62.4 Å². The van der Waals surface area contributed by atoms with E-state index < -0.39 is 10.0 Å². The fourth-order valence-corrected chi connectivity index (χ4v) is 4.47. The van der Waals surface area contributed by atoms with E-state index in [0.717, 1.165) is 16.7 Å². The Bertz CT molecular complexity index is 1250. The van der Waals surface area contributed by atoms with Crippen LogP contribution in [0.25, 0.3) is 5.70 Å². The summed E-state index contributed by atoms with van der Waals surface area (Å²) in [5, 5.41) is 0. The van der Waals surface area contributed by atoms with Crippen LogP contribution in [0.15, 0.2) is 88.6 Å². The Morgan fingerprint density at radius 2 is 1.57 bits per heavy atom. The highest BCUT2D eigenvalue weighted by atomic mass is 32.2. The lowest BCUT2D eigenvalue weighted by atomic mass is 10.1. The van der Waals surface area contributed by atoms with Crippen molar-refractivity contribution in [2.45, 2.75) is 18.7 Å². The van der Waals surface area contributed by atoms with Crippen molar-refractivity contribution in [2.75, 3.05) is 7.05 Å². The molecule has 1 heterocycles. The number of ether oxygens (including phenoxy) is 1. The third-order valence-corrected chi connectivity index (χ3v) is 6.71. The first-order valence-electron chi connectivity index (χ1n) is 9.54. The van der Waals surface area contributed by atoms with Gasteiger partial charge in [-0.2, -0.15) is 0 Å². The average Bonchev–Trinajstić information content (AvgIpc) is 2.75. The van der Waals surface area contributed by atoms with Gasteiger partial charge in [-0.15, -0.1) is 0 Å². The van der Waals surface area contributed by atoms with Gasteiger partial charge in [0.1, 0.15) is 11.4 Å². The predicted octanol–water partition coefficient (Wildman–Crippen LogP) is 4.76. The highest BCUT2D eigenvalue weighted by molar-refractivity contribution is 7.89. The fraction of sp³-hybridized carbons (Fsp3) is 0.125. The van der Waals surface area contributed by atoms with Crippen molar-refractivity contribution in [1.82, 2.24) is 4.31 Å². The summed E-state index contributed by atoms with van der Waals surface area (Å²) in [6.07, 6.45) is 1.70. The van der Waals surface area contributed by atoms with Crippen LogP contribution in [-0.4, -0.2) is 26.0 Å². The van der Waals surface area contributed by atoms with E-state index in [9.17, 15) is 8.42 Å². The molecular formula is C24H22N2O3S. The molecular weight excluding hydrogens is 396 g/mol. The Kier molecular flexibility index (Phi) is 5.18. The van der Waals surface area contributed by atoms with Gasteiger partial charge in [-0.05, 0) is 38.1 Å². The maximum Gasteiger partial charge on any atom is 0.264 e. The van der Waals surface area contributed by atoms with Gasteiger partial charge in [0.25, 0.3) is 10.0 Å². The molecule has 0 radical (unpaired) electrons. The summed E-state index contributed by atoms with van der Waals surface area (Å²) in [4.78, 5) is 4.67. The lowest BCUT2D eigenvalue weighted by Crippen LogP contribution is -2.27. The molecule has 0 amide bonds. The molecule has 1 aliphatic heterocycles. The third kappa shape index (κ3) is 3.74. The molecule has 3 aromatic carbocycles. The van der Waals surface area contributed by atoms with Crippen molar-refractivity contribution in [3.8, 4) is 5.75 Å². The fourth-order valence-electron chi connectivity index (χ4n) is 3.25. The molecule has 1 aliphatic rings. The summed E-state index contributed by atoms with van der Waals surface area (Å²) in [5.41, 5.74) is 4.01. The van der Waals surface area contributed by atoms with E-state index in [1.54, 1.807) is 30.5 Å². The number of hydrogen-bond donors (Lipinski definition) is 0. The van der Waals surface area contributed by atoms with Crippen molar-refractivity contribution in [1.29, 1.82) is 0 Å². The first-order chi connectivity index (χ1) is 14.4. The quantitative estimate of drug-likeness (QED) is 0.614. The molecule has 0 saturated heterocycles. The monoisotopic (exact) mass is 418 g/mol. The summed E-state index contributed by atoms with van der Waals surface area (Å²) in [5.74, 6) is 0.871. The minimum absolute atomic E-state index is 0.209. The van der Waals surface area contributed by atoms with E-state index in [1.165, 1.54) is 11.4 Å². The van der Waals surface area contributed by atoms with Crippen LogP contribution in [0.3, 0.4) is 0 Å². The smallest absolute Gasteiger partial charge is 0.264 e. The summed E-state index contributed by atoms with van der Waals surface area (Å²) in [7, 11) is -2.29. The number of rotatable bonds is 4. The van der Waals surface area contributed by atoms with E-state index >= 15 is 0 Å². The molecule has 3 aromatic rings. The summed E-state index contributed by atoms with van der Waals surface area (Å²) < 4.78 is 34.0. The second kappa shape index (κ2) is 7.80. The molecule has 30 heavy (non-hydrogen) atoms. The predicted molar refractivity (Wildman–Crippen MR) is 119 cm³/mol. The number of aliphatic imine (C=N–C) groups is 1. The SMILES string of the molecule is Cc1ccc(S(=O)(=O)N(C)/C(=C2/N=Cc3cc(C)ccc3O2)c2ccccc2)cc1. The van der Waals surface area contributed by atoms with Crippen LogP contribution in [0.1, 0.15) is 22.3 Å². The largest absolute Gasteiger partial charge is 0.436 e. The number of hydrogen-bond acceptors (Lipinski definition) is 4. The van der Waals surface area contributed by atoms with E-state index in [0.29, 0.717) is 17.0 Å². The minimum Gasteiger partial charge on any atom is -0.436 e. The lowest BCUT2D eigenvalue weighted by Gasteiger charge is -2.25. The minimum atomic E-state index is -3.81. The molecule has 152 valence electrons. The van der Waals surface area contributed by atoms with Crippen molar-refractivity contribution in [2.24, 2.45) is 4.99 Å². The zero-order valence-electron chi connectivity index (χ0n) is 17.0. The van der Waals surface area contributed by atoms with Crippen LogP contribution in [0.2, 0.25) is 0 Å². The van der Waals surface area contributed by atoms with Crippen molar-refractivity contribution < 1.29 is 13.2 Å². The van der Waals surface area contributed by atoms with Gasteiger partial charge < -0.3 is 4.74 Å². The summed E-state index contributed by atoms with van der Waals surface area (Å²) in [6, 6.07) is 21.8. The molecule has 0 spiro atoms. The first-order valence-corrected chi connectivity index (χ1v) is 11.0. The maximum absolute atomic E-state index is 13.4. The number of nitrogens with zero attached hydrogens (tertiary/aromatic N) is 2. The Hall–Kier alpha value is -3.38. The molecule has 0 saturated carbocycles. The molecule has 5 nitrogen and oxygen atoms in total. The molecule has 0 atom stereocenters. The first kappa shape index (κ1) is 19.9. The van der Waals surface area contributed by atoms with E-state index in [4.69, 9.17) is 4.74 Å². The average molecular weight is 419 g/mol. The highest BCUT2D eigenvalue weighted by Crippen LogP contribution is 2.33. The normalized spacial score (nSPS) is 14.6. The lowest BCUT2D eigenvalue weighted by molar-refractivity contribution is 0.409. The van der Waals surface area contributed by atoms with Crippen LogP contribution in [0, 0.1) is 13.8 Å². The Balaban J connectivity index is 1.85. The van der Waals surface area contributed by atoms with Crippen LogP contribution in [0.5, 0.6) is 5.75 Å². The Morgan fingerprint density at radius 3 is 2.27 bits per heavy atom. The van der Waals surface area contributed by atoms with E-state index in [-0.39, 0.29) is 10.8 Å².